The van der Waals surface area contributed by atoms with Gasteiger partial charge in [-0.15, -0.1) is 13.2 Å². The first-order chi connectivity index (χ1) is 21.6. The Kier molecular flexibility index (Phi) is 21.5. The average Bonchev–Trinajstić information content (AvgIpc) is 3.09. The van der Waals surface area contributed by atoms with Crippen LogP contribution in [-0.2, 0) is 0 Å². The lowest BCUT2D eigenvalue weighted by Crippen LogP contribution is -2.32. The maximum Gasteiger partial charge on any atom is 0.0688 e. The van der Waals surface area contributed by atoms with Crippen LogP contribution in [0.5, 0.6) is 0 Å². The van der Waals surface area contributed by atoms with Crippen molar-refractivity contribution in [1.29, 1.82) is 5.41 Å². The highest BCUT2D eigenvalue weighted by Crippen LogP contribution is 2.28. The summed E-state index contributed by atoms with van der Waals surface area (Å²) in [5.74, 6) is 0.760. The van der Waals surface area contributed by atoms with Gasteiger partial charge in [0, 0.05) is 36.6 Å². The second-order valence-electron chi connectivity index (χ2n) is 11.2. The molecule has 0 aromatic heterocycles. The normalized spacial score (nSPS) is 16.0. The molecule has 0 amide bonds. The molecule has 4 rings (SSSR count). The van der Waals surface area contributed by atoms with E-state index in [1.807, 2.05) is 51.1 Å². The highest BCUT2D eigenvalue weighted by atomic mass is 15.1. The summed E-state index contributed by atoms with van der Waals surface area (Å²) >= 11 is 0. The molecule has 0 spiro atoms. The molecule has 2 aliphatic carbocycles. The van der Waals surface area contributed by atoms with E-state index >= 15 is 0 Å². The Morgan fingerprint density at radius 1 is 1.04 bits per heavy atom. The fourth-order valence-electron chi connectivity index (χ4n) is 4.95. The van der Waals surface area contributed by atoms with Gasteiger partial charge in [-0.25, -0.2) is 0 Å². The maximum atomic E-state index is 7.45. The van der Waals surface area contributed by atoms with E-state index in [2.05, 4.69) is 108 Å². The molecule has 4 nitrogen and oxygen atoms in total. The predicted octanol–water partition coefficient (Wildman–Crippen LogP) is 11.0. The summed E-state index contributed by atoms with van der Waals surface area (Å²) in [7, 11) is 2.13. The van der Waals surface area contributed by atoms with Gasteiger partial charge in [-0.2, -0.15) is 0 Å². The number of likely N-dealkylation sites (N-methyl/N-ethyl adjacent to an activating group) is 1. The number of nitrogens with two attached hydrogens (primary N) is 2. The highest BCUT2D eigenvalue weighted by Gasteiger charge is 2.20. The molecule has 2 unspecified atom stereocenters. The molecule has 2 atom stereocenters. The number of rotatable bonds is 7. The molecular weight excluding hydrogens is 548 g/mol. The van der Waals surface area contributed by atoms with E-state index in [0.717, 1.165) is 41.1 Å². The monoisotopic (exact) mass is 610 g/mol. The minimum Gasteiger partial charge on any atom is -0.398 e. The van der Waals surface area contributed by atoms with Crippen LogP contribution in [0.3, 0.4) is 0 Å². The summed E-state index contributed by atoms with van der Waals surface area (Å²) in [4.78, 5) is 2.30. The molecule has 0 fully saturated rings. The molecule has 246 valence electrons. The lowest BCUT2D eigenvalue weighted by atomic mass is 9.90. The summed E-state index contributed by atoms with van der Waals surface area (Å²) < 4.78 is 0. The van der Waals surface area contributed by atoms with Gasteiger partial charge in [0.2, 0.25) is 0 Å². The predicted molar refractivity (Wildman–Crippen MR) is 205 cm³/mol. The Balaban J connectivity index is 0.000000653. The van der Waals surface area contributed by atoms with Gasteiger partial charge in [-0.1, -0.05) is 99.2 Å². The summed E-state index contributed by atoms with van der Waals surface area (Å²) in [5.41, 5.74) is 19.7. The van der Waals surface area contributed by atoms with Crippen LogP contribution in [0.1, 0.15) is 81.1 Å². The number of hydrogen-bond acceptors (Lipinski definition) is 4. The van der Waals surface area contributed by atoms with Gasteiger partial charge in [-0.05, 0) is 100.0 Å². The first-order valence-corrected chi connectivity index (χ1v) is 16.3. The van der Waals surface area contributed by atoms with E-state index in [1.54, 1.807) is 0 Å². The van der Waals surface area contributed by atoms with Crippen molar-refractivity contribution >= 4 is 22.7 Å². The topological polar surface area (TPSA) is 79.1 Å². The summed E-state index contributed by atoms with van der Waals surface area (Å²) in [6.45, 7) is 23.5. The number of fused-ring (bicyclic) bond motifs is 1. The molecule has 0 saturated carbocycles. The van der Waals surface area contributed by atoms with E-state index in [9.17, 15) is 0 Å². The lowest BCUT2D eigenvalue weighted by Gasteiger charge is -2.33. The Labute approximate surface area is 276 Å². The zero-order valence-electron chi connectivity index (χ0n) is 29.8. The zero-order valence-corrected chi connectivity index (χ0v) is 29.8. The van der Waals surface area contributed by atoms with E-state index in [-0.39, 0.29) is 0 Å². The lowest BCUT2D eigenvalue weighted by molar-refractivity contribution is 0.377. The Morgan fingerprint density at radius 3 is 2.20 bits per heavy atom. The smallest absolute Gasteiger partial charge is 0.0688 e. The van der Waals surface area contributed by atoms with E-state index < -0.39 is 0 Å². The van der Waals surface area contributed by atoms with Crippen molar-refractivity contribution in [2.24, 2.45) is 11.7 Å². The van der Waals surface area contributed by atoms with Crippen molar-refractivity contribution in [3.8, 4) is 0 Å². The van der Waals surface area contributed by atoms with Crippen molar-refractivity contribution in [1.82, 2.24) is 4.90 Å². The molecule has 45 heavy (non-hydrogen) atoms. The fraction of sp³-hybridized carbons (Fsp3) is 0.390. The number of hydrogen-bond donors (Lipinski definition) is 3. The highest BCUT2D eigenvalue weighted by molar-refractivity contribution is 5.92. The molecule has 2 aliphatic rings. The molecule has 0 aliphatic heterocycles. The molecular formula is C41H62N4. The summed E-state index contributed by atoms with van der Waals surface area (Å²) in [6, 6.07) is 14.3. The van der Waals surface area contributed by atoms with Crippen molar-refractivity contribution in [2.45, 2.75) is 87.1 Å². The van der Waals surface area contributed by atoms with Crippen molar-refractivity contribution in [2.75, 3.05) is 19.3 Å². The van der Waals surface area contributed by atoms with Gasteiger partial charge in [0.15, 0.2) is 0 Å². The number of nitrogen functional groups attached to an aromatic ring is 1. The van der Waals surface area contributed by atoms with Crippen LogP contribution in [0.4, 0.5) is 5.69 Å². The van der Waals surface area contributed by atoms with E-state index in [0.29, 0.717) is 12.6 Å². The summed E-state index contributed by atoms with van der Waals surface area (Å²) in [6.07, 6.45) is 19.6. The average molecular weight is 611 g/mol. The van der Waals surface area contributed by atoms with Gasteiger partial charge in [-0.3, -0.25) is 0 Å². The van der Waals surface area contributed by atoms with Gasteiger partial charge in [0.1, 0.15) is 0 Å². The van der Waals surface area contributed by atoms with Crippen LogP contribution in [0.2, 0.25) is 0 Å². The third kappa shape index (κ3) is 14.2. The molecule has 5 N–H and O–H groups in total. The fourth-order valence-corrected chi connectivity index (χ4v) is 4.95. The van der Waals surface area contributed by atoms with Crippen molar-refractivity contribution < 1.29 is 0 Å². The van der Waals surface area contributed by atoms with Crippen molar-refractivity contribution in [3.05, 3.63) is 126 Å². The van der Waals surface area contributed by atoms with Crippen LogP contribution in [0.25, 0.3) is 10.8 Å². The molecule has 2 aromatic rings. The summed E-state index contributed by atoms with van der Waals surface area (Å²) in [5, 5.41) is 9.79. The van der Waals surface area contributed by atoms with Crippen LogP contribution < -0.4 is 11.5 Å². The van der Waals surface area contributed by atoms with Crippen LogP contribution in [0, 0.1) is 11.3 Å². The maximum absolute atomic E-state index is 7.45. The quantitative estimate of drug-likeness (QED) is 0.166. The van der Waals surface area contributed by atoms with E-state index in [4.69, 9.17) is 16.9 Å². The number of anilines is 1. The van der Waals surface area contributed by atoms with Gasteiger partial charge < -0.3 is 21.8 Å². The number of nitrogens with zero attached hydrogens (tertiary/aromatic N) is 1. The Bertz CT molecular complexity index is 1340. The minimum atomic E-state index is 0.292. The van der Waals surface area contributed by atoms with E-state index in [1.165, 1.54) is 46.7 Å². The third-order valence-electron chi connectivity index (χ3n) is 7.89. The minimum absolute atomic E-state index is 0.292. The van der Waals surface area contributed by atoms with Crippen molar-refractivity contribution in [3.63, 3.8) is 0 Å². The second kappa shape index (κ2) is 23.5. The van der Waals surface area contributed by atoms with Gasteiger partial charge in [0.05, 0.1) is 6.04 Å². The third-order valence-corrected chi connectivity index (χ3v) is 7.89. The molecule has 0 radical (unpaired) electrons. The zero-order chi connectivity index (χ0) is 34.4. The largest absolute Gasteiger partial charge is 0.398 e. The number of nitrogens with one attached hydrogen (secondary N) is 1. The molecule has 2 aromatic carbocycles. The van der Waals surface area contributed by atoms with Crippen LogP contribution >= 0.6 is 0 Å². The van der Waals surface area contributed by atoms with Gasteiger partial charge >= 0.3 is 0 Å². The number of allylic oxidation sites excluding steroid dienone is 8. The standard InChI is InChI=1S/C18H28N2.C10H9N.C9H15N.C2H6.C2H4/c1-13(2)11-18(17-10-8-7-9-14(17)3)20(6)16(5)15(4)12-19;11-10-7-3-5-8-4-1-2-6-9(8)10;1-2-8-3-5-9(7-10)6-4-8;2*1-2/h7,9,11-12,18-19H,8,10H2,1-6H3;1-7H,11H2;3,5-6,8H,2,4,7,10H2,1H3;1-2H3;1-2H2/b16-15+,19-12?;;;;. The van der Waals surface area contributed by atoms with Gasteiger partial charge in [0.25, 0.3) is 0 Å². The Morgan fingerprint density at radius 2 is 1.69 bits per heavy atom. The molecule has 0 bridgehead atoms. The first-order valence-electron chi connectivity index (χ1n) is 16.3. The van der Waals surface area contributed by atoms with Crippen LogP contribution in [-0.4, -0.2) is 30.7 Å². The first kappa shape index (κ1) is 41.1. The second-order valence-corrected chi connectivity index (χ2v) is 11.2. The molecule has 0 saturated heterocycles. The Hall–Kier alpha value is -3.89. The SMILES string of the molecule is C=C.CC.CC(C)=CC(C1=C(C)C=CCC1)N(C)/C(C)=C(\C)C=N.CCC1C=CC(CN)=CC1.Nc1cccc2ccccc12. The molecule has 4 heteroatoms. The number of benzene rings is 2. The molecule has 0 heterocycles. The van der Waals surface area contributed by atoms with Crippen LogP contribution in [0.15, 0.2) is 126 Å².